The minimum atomic E-state index is 0.411. The van der Waals surface area contributed by atoms with E-state index in [0.717, 1.165) is 16.9 Å². The average molecular weight is 256 g/mol. The van der Waals surface area contributed by atoms with Gasteiger partial charge in [0.1, 0.15) is 5.75 Å². The molecule has 1 aromatic heterocycles. The molecular weight excluding hydrogens is 236 g/mol. The van der Waals surface area contributed by atoms with Crippen molar-refractivity contribution in [2.45, 2.75) is 13.0 Å². The van der Waals surface area contributed by atoms with Crippen molar-refractivity contribution in [3.8, 4) is 16.9 Å². The zero-order valence-corrected chi connectivity index (χ0v) is 11.9. The van der Waals surface area contributed by atoms with Crippen LogP contribution < -0.4 is 4.74 Å². The van der Waals surface area contributed by atoms with E-state index >= 15 is 0 Å². The number of hydrogen-bond acceptors (Lipinski definition) is 3. The minimum absolute atomic E-state index is 0.411. The van der Waals surface area contributed by atoms with Gasteiger partial charge in [-0.3, -0.25) is 4.98 Å². The molecule has 0 saturated heterocycles. The van der Waals surface area contributed by atoms with Gasteiger partial charge in [-0.05, 0) is 38.2 Å². The molecule has 0 radical (unpaired) electrons. The minimum Gasteiger partial charge on any atom is -0.494 e. The third-order valence-corrected chi connectivity index (χ3v) is 3.48. The van der Waals surface area contributed by atoms with Gasteiger partial charge in [-0.1, -0.05) is 24.3 Å². The Hall–Kier alpha value is -1.87. The topological polar surface area (TPSA) is 25.4 Å². The quantitative estimate of drug-likeness (QED) is 0.838. The van der Waals surface area contributed by atoms with Gasteiger partial charge in [0.25, 0.3) is 0 Å². The second kappa shape index (κ2) is 5.85. The Morgan fingerprint density at radius 1 is 1.11 bits per heavy atom. The molecule has 2 rings (SSSR count). The summed E-state index contributed by atoms with van der Waals surface area (Å²) >= 11 is 0. The van der Waals surface area contributed by atoms with Crippen LogP contribution in [0, 0.1) is 0 Å². The third kappa shape index (κ3) is 2.93. The molecule has 0 spiro atoms. The van der Waals surface area contributed by atoms with Crippen LogP contribution in [0.2, 0.25) is 0 Å². The standard InChI is InChI=1S/C16H20N2O/c1-12(18(2)3)13-5-7-14(8-6-13)15-9-10-17-11-16(15)19-4/h5-12H,1-4H3. The molecule has 0 N–H and O–H groups in total. The van der Waals surface area contributed by atoms with E-state index < -0.39 is 0 Å². The van der Waals surface area contributed by atoms with E-state index in [0.29, 0.717) is 6.04 Å². The Bertz CT molecular complexity index is 535. The molecule has 0 saturated carbocycles. The molecule has 0 amide bonds. The summed E-state index contributed by atoms with van der Waals surface area (Å²) in [6, 6.07) is 11.0. The number of methoxy groups -OCH3 is 1. The van der Waals surface area contributed by atoms with Crippen LogP contribution >= 0.6 is 0 Å². The second-order valence-electron chi connectivity index (χ2n) is 4.84. The van der Waals surface area contributed by atoms with Crippen LogP contribution in [0.25, 0.3) is 11.1 Å². The van der Waals surface area contributed by atoms with E-state index in [1.165, 1.54) is 5.56 Å². The molecule has 0 fully saturated rings. The lowest BCUT2D eigenvalue weighted by molar-refractivity contribution is 0.321. The van der Waals surface area contributed by atoms with Crippen molar-refractivity contribution in [2.75, 3.05) is 21.2 Å². The van der Waals surface area contributed by atoms with E-state index in [1.807, 2.05) is 6.07 Å². The van der Waals surface area contributed by atoms with Crippen molar-refractivity contribution in [3.63, 3.8) is 0 Å². The lowest BCUT2D eigenvalue weighted by Gasteiger charge is -2.20. The number of hydrogen-bond donors (Lipinski definition) is 0. The second-order valence-corrected chi connectivity index (χ2v) is 4.84. The van der Waals surface area contributed by atoms with E-state index in [-0.39, 0.29) is 0 Å². The van der Waals surface area contributed by atoms with Gasteiger partial charge in [-0.25, -0.2) is 0 Å². The third-order valence-electron chi connectivity index (χ3n) is 3.48. The fourth-order valence-electron chi connectivity index (χ4n) is 2.02. The Labute approximate surface area is 114 Å². The molecule has 1 unspecified atom stereocenters. The maximum Gasteiger partial charge on any atom is 0.144 e. The number of rotatable bonds is 4. The summed E-state index contributed by atoms with van der Waals surface area (Å²) in [5.41, 5.74) is 3.53. The van der Waals surface area contributed by atoms with Gasteiger partial charge in [0.05, 0.1) is 13.3 Å². The number of nitrogens with zero attached hydrogens (tertiary/aromatic N) is 2. The van der Waals surface area contributed by atoms with Gasteiger partial charge in [0.2, 0.25) is 0 Å². The first-order valence-corrected chi connectivity index (χ1v) is 6.38. The van der Waals surface area contributed by atoms with Crippen LogP contribution in [-0.4, -0.2) is 31.1 Å². The maximum absolute atomic E-state index is 5.34. The van der Waals surface area contributed by atoms with E-state index in [9.17, 15) is 0 Å². The molecular formula is C16H20N2O. The van der Waals surface area contributed by atoms with E-state index in [4.69, 9.17) is 4.74 Å². The first-order chi connectivity index (χ1) is 9.13. The van der Waals surface area contributed by atoms with E-state index in [2.05, 4.69) is 55.2 Å². The normalized spacial score (nSPS) is 12.5. The van der Waals surface area contributed by atoms with E-state index in [1.54, 1.807) is 19.5 Å². The van der Waals surface area contributed by atoms with Crippen LogP contribution in [-0.2, 0) is 0 Å². The highest BCUT2D eigenvalue weighted by Gasteiger charge is 2.09. The molecule has 100 valence electrons. The molecule has 1 aromatic carbocycles. The number of ether oxygens (including phenoxy) is 1. The fraction of sp³-hybridized carbons (Fsp3) is 0.312. The summed E-state index contributed by atoms with van der Waals surface area (Å²) in [6.07, 6.45) is 3.53. The van der Waals surface area contributed by atoms with Crippen molar-refractivity contribution >= 4 is 0 Å². The number of benzene rings is 1. The Morgan fingerprint density at radius 3 is 2.37 bits per heavy atom. The fourth-order valence-corrected chi connectivity index (χ4v) is 2.02. The molecule has 0 bridgehead atoms. The van der Waals surface area contributed by atoms with Gasteiger partial charge < -0.3 is 9.64 Å². The van der Waals surface area contributed by atoms with Crippen molar-refractivity contribution in [2.24, 2.45) is 0 Å². The number of aromatic nitrogens is 1. The molecule has 0 aliphatic rings. The maximum atomic E-state index is 5.34. The van der Waals surface area contributed by atoms with Gasteiger partial charge in [-0.15, -0.1) is 0 Å². The van der Waals surface area contributed by atoms with Gasteiger partial charge in [0.15, 0.2) is 0 Å². The Balaban J connectivity index is 2.32. The summed E-state index contributed by atoms with van der Waals surface area (Å²) in [4.78, 5) is 6.28. The molecule has 2 aromatic rings. The monoisotopic (exact) mass is 256 g/mol. The molecule has 3 nitrogen and oxygen atoms in total. The molecule has 19 heavy (non-hydrogen) atoms. The lowest BCUT2D eigenvalue weighted by atomic mass is 10.0. The van der Waals surface area contributed by atoms with Crippen molar-refractivity contribution in [3.05, 3.63) is 48.3 Å². The molecule has 0 aliphatic heterocycles. The highest BCUT2D eigenvalue weighted by atomic mass is 16.5. The average Bonchev–Trinajstić information content (AvgIpc) is 2.46. The zero-order chi connectivity index (χ0) is 13.8. The highest BCUT2D eigenvalue weighted by Crippen LogP contribution is 2.29. The Kier molecular flexibility index (Phi) is 4.17. The largest absolute Gasteiger partial charge is 0.494 e. The predicted octanol–water partition coefficient (Wildman–Crippen LogP) is 3.38. The van der Waals surface area contributed by atoms with Crippen LogP contribution in [0.1, 0.15) is 18.5 Å². The summed E-state index contributed by atoms with van der Waals surface area (Å²) in [5, 5.41) is 0. The van der Waals surface area contributed by atoms with Crippen LogP contribution in [0.3, 0.4) is 0 Å². The molecule has 1 atom stereocenters. The summed E-state index contributed by atoms with van der Waals surface area (Å²) in [7, 11) is 5.85. The Morgan fingerprint density at radius 2 is 1.79 bits per heavy atom. The zero-order valence-electron chi connectivity index (χ0n) is 11.9. The lowest BCUT2D eigenvalue weighted by Crippen LogP contribution is -2.16. The van der Waals surface area contributed by atoms with Crippen LogP contribution in [0.5, 0.6) is 5.75 Å². The predicted molar refractivity (Wildman–Crippen MR) is 78.3 cm³/mol. The van der Waals surface area contributed by atoms with Gasteiger partial charge in [-0.2, -0.15) is 0 Å². The molecule has 0 aliphatic carbocycles. The van der Waals surface area contributed by atoms with Crippen LogP contribution in [0.15, 0.2) is 42.7 Å². The van der Waals surface area contributed by atoms with Crippen LogP contribution in [0.4, 0.5) is 0 Å². The van der Waals surface area contributed by atoms with Crippen molar-refractivity contribution in [1.82, 2.24) is 9.88 Å². The first-order valence-electron chi connectivity index (χ1n) is 6.38. The molecule has 3 heteroatoms. The number of pyridine rings is 1. The van der Waals surface area contributed by atoms with Gasteiger partial charge in [0, 0.05) is 17.8 Å². The van der Waals surface area contributed by atoms with Crippen molar-refractivity contribution in [1.29, 1.82) is 0 Å². The summed E-state index contributed by atoms with van der Waals surface area (Å²) in [5.74, 6) is 0.802. The summed E-state index contributed by atoms with van der Waals surface area (Å²) < 4.78 is 5.34. The molecule has 1 heterocycles. The SMILES string of the molecule is COc1cnccc1-c1ccc(C(C)N(C)C)cc1. The first kappa shape index (κ1) is 13.6. The summed E-state index contributed by atoms with van der Waals surface area (Å²) in [6.45, 7) is 2.20. The smallest absolute Gasteiger partial charge is 0.144 e. The van der Waals surface area contributed by atoms with Gasteiger partial charge >= 0.3 is 0 Å². The highest BCUT2D eigenvalue weighted by molar-refractivity contribution is 5.69. The van der Waals surface area contributed by atoms with Crippen molar-refractivity contribution < 1.29 is 4.74 Å².